The predicted molar refractivity (Wildman–Crippen MR) is 128 cm³/mol. The number of hydrogen-bond acceptors (Lipinski definition) is 6. The highest BCUT2D eigenvalue weighted by Gasteiger charge is 2.34. The van der Waals surface area contributed by atoms with Gasteiger partial charge in [-0.05, 0) is 43.5 Å². The Kier molecular flexibility index (Phi) is 4.72. The van der Waals surface area contributed by atoms with E-state index < -0.39 is 0 Å². The van der Waals surface area contributed by atoms with Crippen LogP contribution in [-0.2, 0) is 12.0 Å². The fourth-order valence-electron chi connectivity index (χ4n) is 4.99. The van der Waals surface area contributed by atoms with Gasteiger partial charge in [-0.1, -0.05) is 26.0 Å². The third kappa shape index (κ3) is 3.36. The molecule has 174 valence electrons. The van der Waals surface area contributed by atoms with Gasteiger partial charge in [0.25, 0.3) is 0 Å². The van der Waals surface area contributed by atoms with Crippen molar-refractivity contribution in [3.8, 4) is 28.8 Å². The zero-order valence-corrected chi connectivity index (χ0v) is 19.9. The summed E-state index contributed by atoms with van der Waals surface area (Å²) in [5.41, 5.74) is 5.03. The van der Waals surface area contributed by atoms with Crippen LogP contribution in [0.4, 0.5) is 0 Å². The molecular formula is C26H28N6O2. The maximum absolute atomic E-state index is 5.89. The molecule has 0 unspecified atom stereocenters. The van der Waals surface area contributed by atoms with Gasteiger partial charge in [-0.2, -0.15) is 0 Å². The molecular weight excluding hydrogens is 428 g/mol. The molecule has 8 nitrogen and oxygen atoms in total. The SMILES string of the molecule is COc1nc(-c2nc3n(n2)CCC[C@@H]3c2ccc3c(c2)C(C)(C)CO3)ccc1-n1cnc(C)c1. The summed E-state index contributed by atoms with van der Waals surface area (Å²) in [6.07, 6.45) is 5.82. The second kappa shape index (κ2) is 7.68. The maximum Gasteiger partial charge on any atom is 0.238 e. The number of hydrogen-bond donors (Lipinski definition) is 0. The molecule has 8 heteroatoms. The summed E-state index contributed by atoms with van der Waals surface area (Å²) in [4.78, 5) is 14.0. The molecule has 0 N–H and O–H groups in total. The Morgan fingerprint density at radius 2 is 2.03 bits per heavy atom. The second-order valence-corrected chi connectivity index (χ2v) is 9.79. The van der Waals surface area contributed by atoms with Crippen LogP contribution in [-0.4, -0.2) is 43.0 Å². The van der Waals surface area contributed by atoms with Crippen LogP contribution in [0.25, 0.3) is 17.2 Å². The number of aromatic nitrogens is 6. The van der Waals surface area contributed by atoms with Gasteiger partial charge in [0.15, 0.2) is 5.82 Å². The van der Waals surface area contributed by atoms with Gasteiger partial charge in [0.05, 0.1) is 25.7 Å². The Labute approximate surface area is 198 Å². The topological polar surface area (TPSA) is 79.9 Å². The Morgan fingerprint density at radius 1 is 1.15 bits per heavy atom. The van der Waals surface area contributed by atoms with Gasteiger partial charge >= 0.3 is 0 Å². The summed E-state index contributed by atoms with van der Waals surface area (Å²) < 4.78 is 15.4. The van der Waals surface area contributed by atoms with Gasteiger partial charge < -0.3 is 14.0 Å². The monoisotopic (exact) mass is 456 g/mol. The van der Waals surface area contributed by atoms with Gasteiger partial charge in [0, 0.05) is 29.6 Å². The van der Waals surface area contributed by atoms with Gasteiger partial charge in [-0.15, -0.1) is 5.10 Å². The van der Waals surface area contributed by atoms with Crippen molar-refractivity contribution in [1.82, 2.24) is 29.3 Å². The molecule has 0 saturated heterocycles. The predicted octanol–water partition coefficient (Wildman–Crippen LogP) is 4.44. The van der Waals surface area contributed by atoms with Gasteiger partial charge in [0.1, 0.15) is 23.0 Å². The normalized spacial score (nSPS) is 18.3. The number of rotatable bonds is 4. The Hall–Kier alpha value is -3.68. The van der Waals surface area contributed by atoms with E-state index in [1.807, 2.05) is 34.5 Å². The van der Waals surface area contributed by atoms with Crippen LogP contribution < -0.4 is 9.47 Å². The summed E-state index contributed by atoms with van der Waals surface area (Å²) in [6, 6.07) is 10.5. The average Bonchev–Trinajstić information content (AvgIpc) is 3.55. The van der Waals surface area contributed by atoms with E-state index in [1.165, 1.54) is 11.1 Å². The van der Waals surface area contributed by atoms with E-state index in [0.717, 1.165) is 48.9 Å². The van der Waals surface area contributed by atoms with E-state index in [-0.39, 0.29) is 11.3 Å². The molecule has 2 aliphatic rings. The number of fused-ring (bicyclic) bond motifs is 2. The highest BCUT2D eigenvalue weighted by atomic mass is 16.5. The van der Waals surface area contributed by atoms with Gasteiger partial charge in [-0.3, -0.25) is 0 Å². The Morgan fingerprint density at radius 3 is 2.82 bits per heavy atom. The van der Waals surface area contributed by atoms with E-state index in [0.29, 0.717) is 17.4 Å². The molecule has 2 aliphatic heterocycles. The standard InChI is InChI=1S/C26H28N6O2/c1-16-13-31(15-27-16)21-9-8-20(28-25(21)33-4)23-29-24-18(6-5-11-32(24)30-23)17-7-10-22-19(12-17)26(2,3)14-34-22/h7-10,12-13,15,18H,5-6,11,14H2,1-4H3/t18-/m1/s1. The fraction of sp³-hybridized carbons (Fsp3) is 0.385. The molecule has 34 heavy (non-hydrogen) atoms. The molecule has 5 heterocycles. The zero-order valence-electron chi connectivity index (χ0n) is 19.9. The minimum atomic E-state index is 0.0227. The van der Waals surface area contributed by atoms with Crippen LogP contribution in [0.1, 0.15) is 55.3 Å². The summed E-state index contributed by atoms with van der Waals surface area (Å²) in [6.45, 7) is 8.01. The van der Waals surface area contributed by atoms with Crippen molar-refractivity contribution in [1.29, 1.82) is 0 Å². The fourth-order valence-corrected chi connectivity index (χ4v) is 4.99. The number of imidazole rings is 1. The van der Waals surface area contributed by atoms with Crippen molar-refractivity contribution >= 4 is 0 Å². The first-order valence-electron chi connectivity index (χ1n) is 11.7. The number of aryl methyl sites for hydroxylation is 2. The lowest BCUT2D eigenvalue weighted by Gasteiger charge is -2.24. The van der Waals surface area contributed by atoms with Crippen LogP contribution in [0.2, 0.25) is 0 Å². The van der Waals surface area contributed by atoms with E-state index >= 15 is 0 Å². The quantitative estimate of drug-likeness (QED) is 0.452. The second-order valence-electron chi connectivity index (χ2n) is 9.79. The summed E-state index contributed by atoms with van der Waals surface area (Å²) in [5, 5.41) is 4.82. The third-order valence-corrected chi connectivity index (χ3v) is 6.85. The minimum Gasteiger partial charge on any atom is -0.492 e. The lowest BCUT2D eigenvalue weighted by atomic mass is 9.83. The molecule has 0 spiro atoms. The molecule has 3 aromatic heterocycles. The van der Waals surface area contributed by atoms with E-state index in [2.05, 4.69) is 37.0 Å². The van der Waals surface area contributed by atoms with E-state index in [1.54, 1.807) is 13.4 Å². The Balaban J connectivity index is 1.37. The molecule has 6 rings (SSSR count). The van der Waals surface area contributed by atoms with Crippen molar-refractivity contribution in [3.63, 3.8) is 0 Å². The highest BCUT2D eigenvalue weighted by Crippen LogP contribution is 2.42. The van der Waals surface area contributed by atoms with Crippen LogP contribution in [0.15, 0.2) is 42.9 Å². The van der Waals surface area contributed by atoms with Crippen molar-refractivity contribution in [2.24, 2.45) is 0 Å². The van der Waals surface area contributed by atoms with Crippen LogP contribution in [0, 0.1) is 6.92 Å². The molecule has 0 saturated carbocycles. The van der Waals surface area contributed by atoms with Gasteiger partial charge in [-0.25, -0.2) is 19.6 Å². The smallest absolute Gasteiger partial charge is 0.238 e. The lowest BCUT2D eigenvalue weighted by molar-refractivity contribution is 0.291. The molecule has 1 aromatic carbocycles. The van der Waals surface area contributed by atoms with Crippen molar-refractivity contribution in [2.75, 3.05) is 13.7 Å². The first-order chi connectivity index (χ1) is 16.4. The van der Waals surface area contributed by atoms with Crippen LogP contribution >= 0.6 is 0 Å². The lowest BCUT2D eigenvalue weighted by Crippen LogP contribution is -2.20. The number of methoxy groups -OCH3 is 1. The largest absolute Gasteiger partial charge is 0.492 e. The summed E-state index contributed by atoms with van der Waals surface area (Å²) >= 11 is 0. The number of nitrogens with zero attached hydrogens (tertiary/aromatic N) is 6. The Bertz CT molecular complexity index is 1390. The van der Waals surface area contributed by atoms with Crippen molar-refractivity contribution in [3.05, 3.63) is 65.5 Å². The number of pyridine rings is 1. The minimum absolute atomic E-state index is 0.0227. The van der Waals surface area contributed by atoms with Crippen LogP contribution in [0.5, 0.6) is 11.6 Å². The first-order valence-corrected chi connectivity index (χ1v) is 11.7. The van der Waals surface area contributed by atoms with E-state index in [9.17, 15) is 0 Å². The van der Waals surface area contributed by atoms with E-state index in [4.69, 9.17) is 24.5 Å². The molecule has 0 aliphatic carbocycles. The molecule has 0 radical (unpaired) electrons. The molecule has 4 aromatic rings. The summed E-state index contributed by atoms with van der Waals surface area (Å²) in [5.74, 6) is 3.33. The third-order valence-electron chi connectivity index (χ3n) is 6.85. The number of ether oxygens (including phenoxy) is 2. The van der Waals surface area contributed by atoms with Crippen molar-refractivity contribution in [2.45, 2.75) is 51.5 Å². The van der Waals surface area contributed by atoms with Crippen LogP contribution in [0.3, 0.4) is 0 Å². The maximum atomic E-state index is 5.89. The summed E-state index contributed by atoms with van der Waals surface area (Å²) in [7, 11) is 1.63. The van der Waals surface area contributed by atoms with Gasteiger partial charge in [0.2, 0.25) is 5.88 Å². The molecule has 0 fully saturated rings. The average molecular weight is 457 g/mol. The number of benzene rings is 1. The molecule has 0 amide bonds. The highest BCUT2D eigenvalue weighted by molar-refractivity contribution is 5.56. The zero-order chi connectivity index (χ0) is 23.4. The molecule has 1 atom stereocenters. The van der Waals surface area contributed by atoms with Crippen molar-refractivity contribution < 1.29 is 9.47 Å². The first kappa shape index (κ1) is 20.9. The molecule has 0 bridgehead atoms.